The Morgan fingerprint density at radius 1 is 1.62 bits per heavy atom. The normalized spacial score (nSPS) is 20.2. The molecule has 0 amide bonds. The van der Waals surface area contributed by atoms with Crippen LogP contribution in [0.3, 0.4) is 0 Å². The Hall–Kier alpha value is -1.33. The van der Waals surface area contributed by atoms with E-state index >= 15 is 0 Å². The van der Waals surface area contributed by atoms with Gasteiger partial charge < -0.3 is 10.8 Å². The number of phenolic OH excluding ortho intramolecular Hbond substituents is 1. The number of thioether (sulfide) groups is 1. The Kier molecular flexibility index (Phi) is 2.98. The van der Waals surface area contributed by atoms with Crippen molar-refractivity contribution >= 4 is 29.4 Å². The number of fused-ring (bicyclic) bond motifs is 1. The number of rotatable bonds is 2. The van der Waals surface area contributed by atoms with Crippen molar-refractivity contribution in [3.05, 3.63) is 18.2 Å². The number of hydrogen-bond donors (Lipinski definition) is 2. The van der Waals surface area contributed by atoms with Gasteiger partial charge in [-0.1, -0.05) is 6.07 Å². The lowest BCUT2D eigenvalue weighted by Gasteiger charge is -2.18. The van der Waals surface area contributed by atoms with E-state index in [1.54, 1.807) is 25.3 Å². The molecule has 84 valence electrons. The zero-order valence-electron chi connectivity index (χ0n) is 8.75. The average Bonchev–Trinajstić information content (AvgIpc) is 2.28. The number of Topliss-reactive ketones (excluding diaryl/α,β-unsaturated/α-hetero) is 1. The maximum atomic E-state index is 11.7. The summed E-state index contributed by atoms with van der Waals surface area (Å²) in [7, 11) is 0. The number of aromatic hydroxyl groups is 1. The van der Waals surface area contributed by atoms with Crippen LogP contribution in [0, 0.1) is 0 Å². The number of carbonyl (C=O) groups excluding carboxylic acids is 1. The van der Waals surface area contributed by atoms with Gasteiger partial charge in [-0.2, -0.15) is 0 Å². The molecule has 4 nitrogen and oxygen atoms in total. The van der Waals surface area contributed by atoms with E-state index in [1.807, 2.05) is 6.07 Å². The van der Waals surface area contributed by atoms with Crippen LogP contribution in [0.5, 0.6) is 5.75 Å². The highest BCUT2D eigenvalue weighted by Crippen LogP contribution is 2.41. The molecule has 0 fully saturated rings. The highest BCUT2D eigenvalue weighted by molar-refractivity contribution is 8.01. The van der Waals surface area contributed by atoms with Crippen LogP contribution >= 0.6 is 11.8 Å². The van der Waals surface area contributed by atoms with E-state index in [4.69, 9.17) is 5.73 Å². The van der Waals surface area contributed by atoms with Crippen molar-refractivity contribution < 1.29 is 9.90 Å². The molecule has 1 heterocycles. The van der Waals surface area contributed by atoms with Crippen molar-refractivity contribution in [2.45, 2.75) is 23.1 Å². The molecule has 0 saturated carbocycles. The summed E-state index contributed by atoms with van der Waals surface area (Å²) in [5.74, 6) is 0.0793. The quantitative estimate of drug-likeness (QED) is 0.815. The molecule has 0 spiro atoms. The van der Waals surface area contributed by atoms with Gasteiger partial charge in [-0.05, 0) is 19.1 Å². The number of phenols is 1. The minimum atomic E-state index is -0.497. The van der Waals surface area contributed by atoms with Crippen LogP contribution in [0.2, 0.25) is 0 Å². The molecule has 5 heteroatoms. The standard InChI is InChI=1S/C11H12N2O2S/c1-6(12)11(15)9-5-13-10-7(14)3-2-4-8(10)16-9/h2-6,9,14H,12H2,1H3/t6-,9?/m0/s1. The van der Waals surface area contributed by atoms with Gasteiger partial charge in [0, 0.05) is 11.1 Å². The van der Waals surface area contributed by atoms with Gasteiger partial charge in [-0.15, -0.1) is 11.8 Å². The SMILES string of the molecule is C[C@H](N)C(=O)C1C=Nc2c(O)cccc2S1. The molecule has 2 rings (SSSR count). The second kappa shape index (κ2) is 4.27. The highest BCUT2D eigenvalue weighted by atomic mass is 32.2. The number of hydrogen-bond acceptors (Lipinski definition) is 5. The molecule has 1 aliphatic heterocycles. The van der Waals surface area contributed by atoms with Gasteiger partial charge in [0.15, 0.2) is 5.78 Å². The Balaban J connectivity index is 2.29. The lowest BCUT2D eigenvalue weighted by molar-refractivity contribution is -0.118. The smallest absolute Gasteiger partial charge is 0.167 e. The molecule has 0 aliphatic carbocycles. The number of para-hydroxylation sites is 1. The van der Waals surface area contributed by atoms with E-state index in [1.165, 1.54) is 11.8 Å². The molecule has 1 aromatic rings. The first-order chi connectivity index (χ1) is 7.59. The second-order valence-corrected chi connectivity index (χ2v) is 4.81. The molecule has 3 N–H and O–H groups in total. The first-order valence-corrected chi connectivity index (χ1v) is 5.79. The van der Waals surface area contributed by atoms with Crippen LogP contribution in [0.15, 0.2) is 28.1 Å². The number of nitrogens with two attached hydrogens (primary N) is 1. The van der Waals surface area contributed by atoms with Crippen LogP contribution < -0.4 is 5.73 Å². The summed E-state index contributed by atoms with van der Waals surface area (Å²) in [5, 5.41) is 9.20. The average molecular weight is 236 g/mol. The van der Waals surface area contributed by atoms with Crippen LogP contribution in [0.25, 0.3) is 0 Å². The number of nitrogens with zero attached hydrogens (tertiary/aromatic N) is 1. The van der Waals surface area contributed by atoms with E-state index in [2.05, 4.69) is 4.99 Å². The molecule has 0 saturated heterocycles. The highest BCUT2D eigenvalue weighted by Gasteiger charge is 2.25. The summed E-state index contributed by atoms with van der Waals surface area (Å²) in [6.45, 7) is 1.66. The van der Waals surface area contributed by atoms with Crippen molar-refractivity contribution in [2.75, 3.05) is 0 Å². The first-order valence-electron chi connectivity index (χ1n) is 4.91. The van der Waals surface area contributed by atoms with Gasteiger partial charge in [-0.3, -0.25) is 9.79 Å². The second-order valence-electron chi connectivity index (χ2n) is 3.63. The van der Waals surface area contributed by atoms with Gasteiger partial charge in [0.2, 0.25) is 0 Å². The number of aliphatic imine (C=N–C) groups is 1. The van der Waals surface area contributed by atoms with Gasteiger partial charge in [0.25, 0.3) is 0 Å². The van der Waals surface area contributed by atoms with Gasteiger partial charge >= 0.3 is 0 Å². The van der Waals surface area contributed by atoms with Crippen LogP contribution in [0.4, 0.5) is 5.69 Å². The van der Waals surface area contributed by atoms with E-state index in [-0.39, 0.29) is 16.8 Å². The lowest BCUT2D eigenvalue weighted by atomic mass is 10.2. The zero-order valence-corrected chi connectivity index (χ0v) is 9.57. The fraction of sp³-hybridized carbons (Fsp3) is 0.273. The molecule has 1 aromatic carbocycles. The summed E-state index contributed by atoms with van der Waals surface area (Å²) < 4.78 is 0. The predicted octanol–water partition coefficient (Wildman–Crippen LogP) is 1.49. The van der Waals surface area contributed by atoms with E-state index in [0.717, 1.165) is 4.90 Å². The number of benzene rings is 1. The van der Waals surface area contributed by atoms with E-state index in [9.17, 15) is 9.90 Å². The van der Waals surface area contributed by atoms with Gasteiger partial charge in [-0.25, -0.2) is 0 Å². The summed E-state index contributed by atoms with van der Waals surface area (Å²) in [4.78, 5) is 16.6. The molecule has 1 unspecified atom stereocenters. The van der Waals surface area contributed by atoms with Gasteiger partial charge in [0.1, 0.15) is 16.7 Å². The predicted molar refractivity (Wildman–Crippen MR) is 64.6 cm³/mol. The summed E-state index contributed by atoms with van der Waals surface area (Å²) >= 11 is 1.37. The molecule has 0 bridgehead atoms. The topological polar surface area (TPSA) is 75.7 Å². The van der Waals surface area contributed by atoms with Crippen LogP contribution in [0.1, 0.15) is 6.92 Å². The summed E-state index contributed by atoms with van der Waals surface area (Å²) in [6.07, 6.45) is 1.54. The molecule has 16 heavy (non-hydrogen) atoms. The van der Waals surface area contributed by atoms with Crippen molar-refractivity contribution in [3.8, 4) is 5.75 Å². The van der Waals surface area contributed by atoms with E-state index in [0.29, 0.717) is 5.69 Å². The zero-order chi connectivity index (χ0) is 11.7. The van der Waals surface area contributed by atoms with Gasteiger partial charge in [0.05, 0.1) is 6.04 Å². The number of carbonyl (C=O) groups is 1. The maximum absolute atomic E-state index is 11.7. The molecule has 1 aliphatic rings. The van der Waals surface area contributed by atoms with E-state index < -0.39 is 6.04 Å². The Morgan fingerprint density at radius 2 is 2.38 bits per heavy atom. The molecule has 0 aromatic heterocycles. The largest absolute Gasteiger partial charge is 0.506 e. The minimum absolute atomic E-state index is 0.0530. The van der Waals surface area contributed by atoms with Crippen molar-refractivity contribution in [1.29, 1.82) is 0 Å². The lowest BCUT2D eigenvalue weighted by Crippen LogP contribution is -2.35. The van der Waals surface area contributed by atoms with Crippen LogP contribution in [-0.4, -0.2) is 28.4 Å². The summed E-state index contributed by atoms with van der Waals surface area (Å²) in [6, 6.07) is 4.64. The first kappa shape index (κ1) is 11.2. The third kappa shape index (κ3) is 1.96. The molecular formula is C11H12N2O2S. The molecule has 0 radical (unpaired) electrons. The monoisotopic (exact) mass is 236 g/mol. The fourth-order valence-corrected chi connectivity index (χ4v) is 2.59. The Labute approximate surface area is 97.6 Å². The van der Waals surface area contributed by atoms with Crippen molar-refractivity contribution in [3.63, 3.8) is 0 Å². The molecule has 2 atom stereocenters. The third-order valence-corrected chi connectivity index (χ3v) is 3.49. The van der Waals surface area contributed by atoms with Crippen molar-refractivity contribution in [1.82, 2.24) is 0 Å². The number of ketones is 1. The molecular weight excluding hydrogens is 224 g/mol. The summed E-state index contributed by atoms with van der Waals surface area (Å²) in [5.41, 5.74) is 6.07. The maximum Gasteiger partial charge on any atom is 0.167 e. The fourth-order valence-electron chi connectivity index (χ4n) is 1.44. The minimum Gasteiger partial charge on any atom is -0.506 e. The third-order valence-electron chi connectivity index (χ3n) is 2.30. The Bertz CT molecular complexity index is 457. The van der Waals surface area contributed by atoms with Crippen LogP contribution in [-0.2, 0) is 4.79 Å². The Morgan fingerprint density at radius 3 is 3.06 bits per heavy atom. The van der Waals surface area contributed by atoms with Crippen molar-refractivity contribution in [2.24, 2.45) is 10.7 Å².